The summed E-state index contributed by atoms with van der Waals surface area (Å²) in [6.45, 7) is 1.46. The highest BCUT2D eigenvalue weighted by molar-refractivity contribution is 8.15. The maximum atomic E-state index is 12.2. The van der Waals surface area contributed by atoms with Gasteiger partial charge in [0.2, 0.25) is 5.91 Å². The summed E-state index contributed by atoms with van der Waals surface area (Å²) >= 11 is 1.28. The van der Waals surface area contributed by atoms with Crippen molar-refractivity contribution in [3.63, 3.8) is 0 Å². The minimum atomic E-state index is -0.482. The molecule has 8 heteroatoms. The van der Waals surface area contributed by atoms with Gasteiger partial charge in [0.15, 0.2) is 11.0 Å². The minimum absolute atomic E-state index is 0.0230. The van der Waals surface area contributed by atoms with Gasteiger partial charge in [-0.25, -0.2) is 4.99 Å². The van der Waals surface area contributed by atoms with Crippen molar-refractivity contribution in [3.05, 3.63) is 64.2 Å². The number of amides is 1. The summed E-state index contributed by atoms with van der Waals surface area (Å²) in [5.74, 6) is 0.0252. The summed E-state index contributed by atoms with van der Waals surface area (Å²) in [6, 6.07) is 12.6. The molecular weight excluding hydrogens is 342 g/mol. The molecular formula is C17H13N3O4S. The van der Waals surface area contributed by atoms with Crippen LogP contribution in [-0.2, 0) is 4.79 Å². The van der Waals surface area contributed by atoms with E-state index < -0.39 is 4.92 Å². The Morgan fingerprint density at radius 3 is 2.60 bits per heavy atom. The molecule has 1 aliphatic rings. The van der Waals surface area contributed by atoms with E-state index in [1.165, 1.54) is 47.9 Å². The van der Waals surface area contributed by atoms with Crippen molar-refractivity contribution in [3.8, 4) is 0 Å². The van der Waals surface area contributed by atoms with Crippen molar-refractivity contribution in [1.29, 1.82) is 0 Å². The number of amidine groups is 1. The number of nitrogens with zero attached hydrogens (tertiary/aromatic N) is 3. The fourth-order valence-corrected chi connectivity index (χ4v) is 3.21. The van der Waals surface area contributed by atoms with Gasteiger partial charge in [-0.15, -0.1) is 0 Å². The summed E-state index contributed by atoms with van der Waals surface area (Å²) < 4.78 is 0. The van der Waals surface area contributed by atoms with Crippen LogP contribution in [0.3, 0.4) is 0 Å². The predicted octanol–water partition coefficient (Wildman–Crippen LogP) is 3.56. The third-order valence-electron chi connectivity index (χ3n) is 3.56. The Labute approximate surface area is 147 Å². The lowest BCUT2D eigenvalue weighted by molar-refractivity contribution is -0.384. The summed E-state index contributed by atoms with van der Waals surface area (Å²) in [7, 11) is 0. The molecule has 0 aromatic heterocycles. The van der Waals surface area contributed by atoms with E-state index in [0.29, 0.717) is 22.1 Å². The van der Waals surface area contributed by atoms with E-state index >= 15 is 0 Å². The molecule has 0 aliphatic carbocycles. The maximum Gasteiger partial charge on any atom is 0.269 e. The molecule has 0 radical (unpaired) electrons. The number of hydrogen-bond donors (Lipinski definition) is 0. The quantitative estimate of drug-likeness (QED) is 0.475. The molecule has 1 heterocycles. The molecule has 3 rings (SSSR count). The van der Waals surface area contributed by atoms with Crippen LogP contribution in [0.1, 0.15) is 17.3 Å². The van der Waals surface area contributed by atoms with Gasteiger partial charge in [-0.1, -0.05) is 23.9 Å². The van der Waals surface area contributed by atoms with E-state index in [-0.39, 0.29) is 23.1 Å². The lowest BCUT2D eigenvalue weighted by Gasteiger charge is -2.16. The second-order valence-electron chi connectivity index (χ2n) is 5.29. The van der Waals surface area contributed by atoms with Crippen molar-refractivity contribution in [2.24, 2.45) is 4.99 Å². The van der Waals surface area contributed by atoms with E-state index in [1.807, 2.05) is 0 Å². The Kier molecular flexibility index (Phi) is 4.62. The fraction of sp³-hybridized carbons (Fsp3) is 0.118. The number of anilines is 1. The first-order valence-corrected chi connectivity index (χ1v) is 8.34. The highest BCUT2D eigenvalue weighted by atomic mass is 32.2. The summed E-state index contributed by atoms with van der Waals surface area (Å²) in [6.07, 6.45) is 0. The zero-order chi connectivity index (χ0) is 18.0. The van der Waals surface area contributed by atoms with E-state index in [1.54, 1.807) is 24.3 Å². The van der Waals surface area contributed by atoms with Crippen molar-refractivity contribution < 1.29 is 14.5 Å². The highest BCUT2D eigenvalue weighted by Crippen LogP contribution is 2.30. The van der Waals surface area contributed by atoms with Gasteiger partial charge in [-0.05, 0) is 31.2 Å². The zero-order valence-corrected chi connectivity index (χ0v) is 14.0. The average Bonchev–Trinajstić information content (AvgIpc) is 2.96. The fourth-order valence-electron chi connectivity index (χ4n) is 2.32. The van der Waals surface area contributed by atoms with Crippen LogP contribution in [-0.4, -0.2) is 27.5 Å². The number of hydrogen-bond acceptors (Lipinski definition) is 6. The van der Waals surface area contributed by atoms with Crippen molar-refractivity contribution >= 4 is 45.7 Å². The molecule has 2 aromatic carbocycles. The Bertz CT molecular complexity index is 893. The second kappa shape index (κ2) is 6.86. The molecule has 126 valence electrons. The third kappa shape index (κ3) is 3.58. The standard InChI is InChI=1S/C17H13N3O4S/c1-11(21)12-3-2-4-15(9-12)19-16(22)10-25-17(19)18-13-5-7-14(8-6-13)20(23)24/h2-9H,10H2,1H3. The van der Waals surface area contributed by atoms with Crippen LogP contribution in [0.5, 0.6) is 0 Å². The molecule has 25 heavy (non-hydrogen) atoms. The first-order chi connectivity index (χ1) is 12.0. The van der Waals surface area contributed by atoms with Gasteiger partial charge in [0.25, 0.3) is 5.69 Å². The largest absolute Gasteiger partial charge is 0.295 e. The van der Waals surface area contributed by atoms with E-state index in [4.69, 9.17) is 0 Å². The van der Waals surface area contributed by atoms with Crippen LogP contribution in [0.15, 0.2) is 53.5 Å². The highest BCUT2D eigenvalue weighted by Gasteiger charge is 2.30. The Morgan fingerprint density at radius 1 is 1.24 bits per heavy atom. The summed E-state index contributed by atoms with van der Waals surface area (Å²) in [5, 5.41) is 11.2. The smallest absolute Gasteiger partial charge is 0.269 e. The monoisotopic (exact) mass is 355 g/mol. The number of non-ortho nitro benzene ring substituents is 1. The first kappa shape index (κ1) is 16.8. The SMILES string of the molecule is CC(=O)c1cccc(N2C(=O)CSC2=Nc2ccc([N+](=O)[O-])cc2)c1. The van der Waals surface area contributed by atoms with Gasteiger partial charge in [0, 0.05) is 17.7 Å². The van der Waals surface area contributed by atoms with Gasteiger partial charge >= 0.3 is 0 Å². The molecule has 1 saturated heterocycles. The van der Waals surface area contributed by atoms with Crippen LogP contribution in [0.25, 0.3) is 0 Å². The minimum Gasteiger partial charge on any atom is -0.295 e. The molecule has 1 aliphatic heterocycles. The van der Waals surface area contributed by atoms with Crippen LogP contribution in [0.4, 0.5) is 17.1 Å². The van der Waals surface area contributed by atoms with Crippen LogP contribution in [0, 0.1) is 10.1 Å². The Morgan fingerprint density at radius 2 is 1.96 bits per heavy atom. The summed E-state index contributed by atoms with van der Waals surface area (Å²) in [5.41, 5.74) is 1.57. The molecule has 0 unspecified atom stereocenters. The molecule has 0 N–H and O–H groups in total. The molecule has 7 nitrogen and oxygen atoms in total. The zero-order valence-electron chi connectivity index (χ0n) is 13.2. The number of thioether (sulfide) groups is 1. The van der Waals surface area contributed by atoms with Gasteiger partial charge in [0.1, 0.15) is 0 Å². The van der Waals surface area contributed by atoms with Gasteiger partial charge < -0.3 is 0 Å². The lowest BCUT2D eigenvalue weighted by Crippen LogP contribution is -2.29. The lowest BCUT2D eigenvalue weighted by atomic mass is 10.1. The maximum absolute atomic E-state index is 12.2. The third-order valence-corrected chi connectivity index (χ3v) is 4.48. The predicted molar refractivity (Wildman–Crippen MR) is 96.6 cm³/mol. The van der Waals surface area contributed by atoms with E-state index in [0.717, 1.165) is 0 Å². The molecule has 0 spiro atoms. The Balaban J connectivity index is 1.95. The molecule has 0 atom stereocenters. The van der Waals surface area contributed by atoms with Crippen LogP contribution < -0.4 is 4.90 Å². The number of nitro groups is 1. The average molecular weight is 355 g/mol. The topological polar surface area (TPSA) is 92.9 Å². The molecule has 0 bridgehead atoms. The number of nitro benzene ring substituents is 1. The number of benzene rings is 2. The van der Waals surface area contributed by atoms with Crippen LogP contribution in [0.2, 0.25) is 0 Å². The molecule has 2 aromatic rings. The number of carbonyl (C=O) groups is 2. The first-order valence-electron chi connectivity index (χ1n) is 7.35. The van der Waals surface area contributed by atoms with E-state index in [2.05, 4.69) is 4.99 Å². The van der Waals surface area contributed by atoms with Crippen molar-refractivity contribution in [1.82, 2.24) is 0 Å². The Hall–Kier alpha value is -3.00. The second-order valence-corrected chi connectivity index (χ2v) is 6.23. The number of ketones is 1. The van der Waals surface area contributed by atoms with Crippen LogP contribution >= 0.6 is 11.8 Å². The number of carbonyl (C=O) groups excluding carboxylic acids is 2. The normalized spacial score (nSPS) is 15.6. The van der Waals surface area contributed by atoms with Gasteiger partial charge in [0.05, 0.1) is 22.1 Å². The molecule has 1 amide bonds. The molecule has 1 fully saturated rings. The van der Waals surface area contributed by atoms with Crippen molar-refractivity contribution in [2.45, 2.75) is 6.92 Å². The van der Waals surface area contributed by atoms with Crippen molar-refractivity contribution in [2.75, 3.05) is 10.7 Å². The van der Waals surface area contributed by atoms with E-state index in [9.17, 15) is 19.7 Å². The number of aliphatic imine (C=N–C) groups is 1. The van der Waals surface area contributed by atoms with Gasteiger partial charge in [-0.3, -0.25) is 24.6 Å². The number of Topliss-reactive ketones (excluding diaryl/α,β-unsaturated/α-hetero) is 1. The number of rotatable bonds is 4. The molecule has 0 saturated carbocycles. The summed E-state index contributed by atoms with van der Waals surface area (Å²) in [4.78, 5) is 39.9. The van der Waals surface area contributed by atoms with Gasteiger partial charge in [-0.2, -0.15) is 0 Å².